The first-order chi connectivity index (χ1) is 19.4. The fourth-order valence-electron chi connectivity index (χ4n) is 4.24. The van der Waals surface area contributed by atoms with Gasteiger partial charge in [-0.2, -0.15) is 10.2 Å². The van der Waals surface area contributed by atoms with Gasteiger partial charge in [0.15, 0.2) is 5.78 Å². The number of allylic oxidation sites excluding steroid dienone is 5. The van der Waals surface area contributed by atoms with Crippen molar-refractivity contribution in [3.63, 3.8) is 0 Å². The average Bonchev–Trinajstić information content (AvgIpc) is 2.91. The normalized spacial score (nSPS) is 11.3. The maximum absolute atomic E-state index is 11.6. The fourth-order valence-corrected chi connectivity index (χ4v) is 4.24. The number of benzene rings is 2. The van der Waals surface area contributed by atoms with Crippen LogP contribution in [0.25, 0.3) is 0 Å². The Bertz CT molecular complexity index is 1230. The van der Waals surface area contributed by atoms with E-state index < -0.39 is 5.97 Å². The number of nitrogens with zero attached hydrogens (tertiary/aromatic N) is 2. The zero-order valence-electron chi connectivity index (χ0n) is 27.1. The van der Waals surface area contributed by atoms with E-state index in [2.05, 4.69) is 62.7 Å². The van der Waals surface area contributed by atoms with E-state index in [1.807, 2.05) is 52.0 Å². The summed E-state index contributed by atoms with van der Waals surface area (Å²) < 4.78 is 0. The second-order valence-electron chi connectivity index (χ2n) is 10.4. The molecule has 1 N–H and O–H groups in total. The van der Waals surface area contributed by atoms with Crippen molar-refractivity contribution in [2.24, 2.45) is 10.2 Å². The third-order valence-corrected chi connectivity index (χ3v) is 6.34. The molecule has 5 nitrogen and oxygen atoms in total. The summed E-state index contributed by atoms with van der Waals surface area (Å²) in [5.74, 6) is -0.979. The van der Waals surface area contributed by atoms with Crippen LogP contribution in [0.4, 0.5) is 5.69 Å². The second kappa shape index (κ2) is 20.3. The molecule has 0 heterocycles. The number of rotatable bonds is 11. The van der Waals surface area contributed by atoms with Gasteiger partial charge in [0.2, 0.25) is 0 Å². The maximum atomic E-state index is 11.6. The van der Waals surface area contributed by atoms with E-state index in [0.717, 1.165) is 47.2 Å². The van der Waals surface area contributed by atoms with Crippen LogP contribution >= 0.6 is 0 Å². The van der Waals surface area contributed by atoms with E-state index in [-0.39, 0.29) is 18.1 Å². The van der Waals surface area contributed by atoms with E-state index in [4.69, 9.17) is 0 Å². The Balaban J connectivity index is 0.000000954. The zero-order valence-corrected chi connectivity index (χ0v) is 27.1. The number of aryl methyl sites for hydroxylation is 3. The van der Waals surface area contributed by atoms with E-state index in [0.29, 0.717) is 5.57 Å². The first-order valence-electron chi connectivity index (χ1n) is 14.6. The molecule has 224 valence electrons. The number of carbonyl (C=O) groups excluding carboxylic acids is 1. The highest BCUT2D eigenvalue weighted by atomic mass is 16.4. The Labute approximate surface area is 249 Å². The lowest BCUT2D eigenvalue weighted by Gasteiger charge is -2.21. The molecule has 0 aliphatic rings. The van der Waals surface area contributed by atoms with Crippen LogP contribution in [0, 0.1) is 13.8 Å². The van der Waals surface area contributed by atoms with Gasteiger partial charge in [0.1, 0.15) is 0 Å². The number of azo groups is 1. The lowest BCUT2D eigenvalue weighted by molar-refractivity contribution is -0.137. The summed E-state index contributed by atoms with van der Waals surface area (Å²) in [4.78, 5) is 22.3. The Morgan fingerprint density at radius 2 is 1.63 bits per heavy atom. The van der Waals surface area contributed by atoms with Crippen LogP contribution in [0.3, 0.4) is 0 Å². The second-order valence-corrected chi connectivity index (χ2v) is 10.4. The summed E-state index contributed by atoms with van der Waals surface area (Å²) in [6, 6.07) is 10.5. The van der Waals surface area contributed by atoms with Crippen LogP contribution in [0.5, 0.6) is 0 Å². The standard InChI is InChI=1S/C23H30N2O2.C10H14O.C3H8/c1-6-8-18-10-11-19(13-17(18)7-2)21(14-22(26)27)20-12-9-15(3)23(16(20)4)25-24-5;1-8(2)6-5-7-9(3)10(4)11;1-3-2/h9-13,21H,6-8,14H2,1-5H3,(H,26,27);5-7H,3H2,1-2,4H3;3H2,1-2H3/b;7-5-;. The molecule has 1 unspecified atom stereocenters. The van der Waals surface area contributed by atoms with Gasteiger partial charge in [0.05, 0.1) is 12.1 Å². The van der Waals surface area contributed by atoms with Crippen LogP contribution in [0.2, 0.25) is 0 Å². The molecule has 2 aromatic rings. The summed E-state index contributed by atoms with van der Waals surface area (Å²) in [7, 11) is 1.65. The number of Topliss-reactive ketones (excluding diaryl/α,β-unsaturated/α-hetero) is 1. The molecule has 0 fully saturated rings. The van der Waals surface area contributed by atoms with Gasteiger partial charge in [-0.25, -0.2) is 0 Å². The Hall–Kier alpha value is -3.60. The molecule has 0 radical (unpaired) electrons. The molecule has 0 aliphatic carbocycles. The van der Waals surface area contributed by atoms with Gasteiger partial charge in [0, 0.05) is 18.5 Å². The van der Waals surface area contributed by atoms with Crippen LogP contribution in [0.1, 0.15) is 107 Å². The molecule has 0 spiro atoms. The topological polar surface area (TPSA) is 79.1 Å². The largest absolute Gasteiger partial charge is 0.481 e. The predicted octanol–water partition coefficient (Wildman–Crippen LogP) is 10.2. The van der Waals surface area contributed by atoms with Crippen LogP contribution in [-0.2, 0) is 22.4 Å². The molecule has 0 aromatic heterocycles. The average molecular weight is 561 g/mol. The summed E-state index contributed by atoms with van der Waals surface area (Å²) in [6.45, 7) is 21.7. The number of carbonyl (C=O) groups is 2. The van der Waals surface area contributed by atoms with Gasteiger partial charge in [-0.1, -0.05) is 101 Å². The Morgan fingerprint density at radius 1 is 1.00 bits per heavy atom. The van der Waals surface area contributed by atoms with Crippen molar-refractivity contribution in [1.82, 2.24) is 0 Å². The molecule has 2 aromatic carbocycles. The third kappa shape index (κ3) is 13.5. The third-order valence-electron chi connectivity index (χ3n) is 6.34. The van der Waals surface area contributed by atoms with Crippen LogP contribution in [-0.4, -0.2) is 23.9 Å². The van der Waals surface area contributed by atoms with Gasteiger partial charge in [-0.15, -0.1) is 0 Å². The highest BCUT2D eigenvalue weighted by Crippen LogP contribution is 2.37. The smallest absolute Gasteiger partial charge is 0.304 e. The monoisotopic (exact) mass is 560 g/mol. The molecule has 0 amide bonds. The van der Waals surface area contributed by atoms with Gasteiger partial charge in [-0.05, 0) is 80.8 Å². The van der Waals surface area contributed by atoms with Crippen molar-refractivity contribution in [1.29, 1.82) is 0 Å². The highest BCUT2D eigenvalue weighted by molar-refractivity contribution is 5.95. The minimum Gasteiger partial charge on any atom is -0.481 e. The van der Waals surface area contributed by atoms with Crippen molar-refractivity contribution >= 4 is 17.4 Å². The minimum atomic E-state index is -0.797. The first-order valence-corrected chi connectivity index (χ1v) is 14.6. The molecule has 0 bridgehead atoms. The lowest BCUT2D eigenvalue weighted by Crippen LogP contribution is -2.10. The van der Waals surface area contributed by atoms with Gasteiger partial charge in [-0.3, -0.25) is 9.59 Å². The predicted molar refractivity (Wildman–Crippen MR) is 175 cm³/mol. The first kappa shape index (κ1) is 37.4. The van der Waals surface area contributed by atoms with E-state index in [1.165, 1.54) is 30.0 Å². The van der Waals surface area contributed by atoms with Crippen molar-refractivity contribution in [2.75, 3.05) is 7.05 Å². The zero-order chi connectivity index (χ0) is 31.5. The maximum Gasteiger partial charge on any atom is 0.304 e. The summed E-state index contributed by atoms with van der Waals surface area (Å²) in [5.41, 5.74) is 9.37. The van der Waals surface area contributed by atoms with Gasteiger partial charge in [0.25, 0.3) is 0 Å². The van der Waals surface area contributed by atoms with E-state index in [1.54, 1.807) is 13.1 Å². The lowest BCUT2D eigenvalue weighted by atomic mass is 9.83. The molecule has 0 saturated carbocycles. The molecular weight excluding hydrogens is 508 g/mol. The van der Waals surface area contributed by atoms with Crippen LogP contribution < -0.4 is 0 Å². The molecule has 2 rings (SSSR count). The highest BCUT2D eigenvalue weighted by Gasteiger charge is 2.22. The van der Waals surface area contributed by atoms with E-state index >= 15 is 0 Å². The van der Waals surface area contributed by atoms with Crippen molar-refractivity contribution in [3.05, 3.63) is 99.7 Å². The molecule has 0 saturated heterocycles. The van der Waals surface area contributed by atoms with E-state index in [9.17, 15) is 14.7 Å². The molecular formula is C36H52N2O3. The molecule has 0 aliphatic heterocycles. The van der Waals surface area contributed by atoms with Crippen molar-refractivity contribution < 1.29 is 14.7 Å². The Kier molecular flexibility index (Phi) is 18.5. The van der Waals surface area contributed by atoms with Crippen LogP contribution in [0.15, 0.2) is 76.5 Å². The fraction of sp³-hybridized carbons (Fsp3) is 0.444. The number of carboxylic acid groups (broad SMARTS) is 1. The minimum absolute atomic E-state index is 0.0170. The quantitative estimate of drug-likeness (QED) is 0.169. The summed E-state index contributed by atoms with van der Waals surface area (Å²) in [5, 5.41) is 17.7. The van der Waals surface area contributed by atoms with Gasteiger partial charge >= 0.3 is 5.97 Å². The number of carboxylic acids is 1. The number of hydrogen-bond donors (Lipinski definition) is 1. The molecule has 1 atom stereocenters. The summed E-state index contributed by atoms with van der Waals surface area (Å²) >= 11 is 0. The van der Waals surface area contributed by atoms with Gasteiger partial charge < -0.3 is 5.11 Å². The SMILES string of the molecule is C=C(/C=C\C=C(C)C)C(C)=O.CCC.CCCc1ccc(C(CC(=O)O)c2ccc(C)c(N=NC)c2C)cc1CC. The summed E-state index contributed by atoms with van der Waals surface area (Å²) in [6.07, 6.45) is 9.90. The molecule has 41 heavy (non-hydrogen) atoms. The van der Waals surface area contributed by atoms with Crippen molar-refractivity contribution in [3.8, 4) is 0 Å². The number of aliphatic carboxylic acids is 1. The Morgan fingerprint density at radius 3 is 2.12 bits per heavy atom. The number of ketones is 1. The molecule has 5 heteroatoms. The van der Waals surface area contributed by atoms with Crippen molar-refractivity contribution in [2.45, 2.75) is 100 Å². The number of hydrogen-bond acceptors (Lipinski definition) is 4.